The summed E-state index contributed by atoms with van der Waals surface area (Å²) in [5, 5.41) is 0. The third kappa shape index (κ3) is 3.19. The molecule has 2 aliphatic heterocycles. The highest BCUT2D eigenvalue weighted by Gasteiger charge is 2.29. The Morgan fingerprint density at radius 2 is 2.12 bits per heavy atom. The van der Waals surface area contributed by atoms with Crippen LogP contribution < -0.4 is 9.80 Å². The van der Waals surface area contributed by atoms with Crippen LogP contribution in [-0.2, 0) is 11.2 Å². The van der Waals surface area contributed by atoms with E-state index in [9.17, 15) is 4.79 Å². The maximum absolute atomic E-state index is 13.3. The summed E-state index contributed by atoms with van der Waals surface area (Å²) >= 11 is 0. The Kier molecular flexibility index (Phi) is 4.89. The summed E-state index contributed by atoms with van der Waals surface area (Å²) in [6.45, 7) is 3.32. The Morgan fingerprint density at radius 3 is 3.00 bits per heavy atom. The summed E-state index contributed by atoms with van der Waals surface area (Å²) in [7, 11) is 1.75. The first-order chi connectivity index (χ1) is 12.8. The summed E-state index contributed by atoms with van der Waals surface area (Å²) in [5.41, 5.74) is 2.97. The van der Waals surface area contributed by atoms with Crippen LogP contribution in [-0.4, -0.2) is 44.2 Å². The molecular formula is C21H25N3O2. The van der Waals surface area contributed by atoms with Gasteiger partial charge in [-0.3, -0.25) is 4.79 Å². The number of piperidine rings is 1. The minimum atomic E-state index is 0.0481. The van der Waals surface area contributed by atoms with Gasteiger partial charge in [0.15, 0.2) is 0 Å². The monoisotopic (exact) mass is 351 g/mol. The number of carbonyl (C=O) groups is 1. The molecule has 5 nitrogen and oxygen atoms in total. The van der Waals surface area contributed by atoms with Gasteiger partial charge >= 0.3 is 0 Å². The summed E-state index contributed by atoms with van der Waals surface area (Å²) < 4.78 is 5.34. The first-order valence-electron chi connectivity index (χ1n) is 9.36. The highest BCUT2D eigenvalue weighted by molar-refractivity contribution is 6.10. The van der Waals surface area contributed by atoms with E-state index in [1.807, 2.05) is 35.2 Å². The van der Waals surface area contributed by atoms with E-state index in [2.05, 4.69) is 16.0 Å². The number of hydrogen-bond acceptors (Lipinski definition) is 4. The van der Waals surface area contributed by atoms with Gasteiger partial charge in [-0.1, -0.05) is 18.2 Å². The maximum atomic E-state index is 13.3. The molecule has 1 saturated heterocycles. The number of rotatable bonds is 4. The molecule has 2 aliphatic rings. The highest BCUT2D eigenvalue weighted by Crippen LogP contribution is 2.31. The molecule has 136 valence electrons. The number of methoxy groups -OCH3 is 1. The summed E-state index contributed by atoms with van der Waals surface area (Å²) in [6.07, 6.45) is 4.96. The average molecular weight is 351 g/mol. The van der Waals surface area contributed by atoms with Crippen LogP contribution in [0.25, 0.3) is 0 Å². The fourth-order valence-corrected chi connectivity index (χ4v) is 4.14. The number of para-hydroxylation sites is 1. The maximum Gasteiger partial charge on any atom is 0.262 e. The smallest absolute Gasteiger partial charge is 0.262 e. The van der Waals surface area contributed by atoms with Crippen LogP contribution in [0.4, 0.5) is 11.5 Å². The first-order valence-corrected chi connectivity index (χ1v) is 9.36. The van der Waals surface area contributed by atoms with Gasteiger partial charge in [-0.25, -0.2) is 4.98 Å². The lowest BCUT2D eigenvalue weighted by Crippen LogP contribution is -2.39. The van der Waals surface area contributed by atoms with Crippen LogP contribution in [0, 0.1) is 5.92 Å². The number of hydrogen-bond donors (Lipinski definition) is 0. The SMILES string of the molecule is COCC1CCCN(c2ncccc2C(=O)N2CCc3ccccc32)C1. The van der Waals surface area contributed by atoms with Gasteiger partial charge in [0.05, 0.1) is 12.2 Å². The molecule has 3 heterocycles. The average Bonchev–Trinajstić information content (AvgIpc) is 3.12. The van der Waals surface area contributed by atoms with Crippen LogP contribution in [0.3, 0.4) is 0 Å². The second-order valence-electron chi connectivity index (χ2n) is 7.12. The van der Waals surface area contributed by atoms with E-state index in [-0.39, 0.29) is 5.91 Å². The third-order valence-electron chi connectivity index (χ3n) is 5.37. The standard InChI is InChI=1S/C21H25N3O2/c1-26-15-16-6-5-12-23(14-16)20-18(8-4-11-22-20)21(25)24-13-10-17-7-2-3-9-19(17)24/h2-4,7-9,11,16H,5-6,10,12-15H2,1H3. The van der Waals surface area contributed by atoms with Crippen LogP contribution in [0.1, 0.15) is 28.8 Å². The number of amides is 1. The Bertz CT molecular complexity index is 790. The van der Waals surface area contributed by atoms with E-state index < -0.39 is 0 Å². The molecule has 1 aromatic heterocycles. The molecule has 0 spiro atoms. The van der Waals surface area contributed by atoms with Crippen molar-refractivity contribution in [3.63, 3.8) is 0 Å². The molecule has 1 aromatic carbocycles. The van der Waals surface area contributed by atoms with Gasteiger partial charge in [0.25, 0.3) is 5.91 Å². The molecule has 4 rings (SSSR count). The Hall–Kier alpha value is -2.40. The van der Waals surface area contributed by atoms with Gasteiger partial charge < -0.3 is 14.5 Å². The van der Waals surface area contributed by atoms with Crippen molar-refractivity contribution in [1.82, 2.24) is 4.98 Å². The predicted molar refractivity (Wildman–Crippen MR) is 103 cm³/mol. The fourth-order valence-electron chi connectivity index (χ4n) is 4.14. The predicted octanol–water partition coefficient (Wildman–Crippen LogP) is 3.15. The molecule has 1 unspecified atom stereocenters. The molecule has 0 N–H and O–H groups in total. The number of ether oxygens (including phenoxy) is 1. The van der Waals surface area contributed by atoms with Crippen molar-refractivity contribution in [2.45, 2.75) is 19.3 Å². The Labute approximate surface area is 154 Å². The van der Waals surface area contributed by atoms with Crippen LogP contribution >= 0.6 is 0 Å². The fraction of sp³-hybridized carbons (Fsp3) is 0.429. The molecule has 5 heteroatoms. The van der Waals surface area contributed by atoms with Gasteiger partial charge in [-0.2, -0.15) is 0 Å². The van der Waals surface area contributed by atoms with Crippen molar-refractivity contribution in [2.24, 2.45) is 5.92 Å². The molecular weight excluding hydrogens is 326 g/mol. The number of fused-ring (bicyclic) bond motifs is 1. The van der Waals surface area contributed by atoms with E-state index >= 15 is 0 Å². The Morgan fingerprint density at radius 1 is 1.23 bits per heavy atom. The number of aromatic nitrogens is 1. The molecule has 0 bridgehead atoms. The quantitative estimate of drug-likeness (QED) is 0.849. The van der Waals surface area contributed by atoms with E-state index in [4.69, 9.17) is 4.74 Å². The summed E-state index contributed by atoms with van der Waals surface area (Å²) in [6, 6.07) is 11.9. The van der Waals surface area contributed by atoms with Gasteiger partial charge in [-0.05, 0) is 48.9 Å². The molecule has 0 aliphatic carbocycles. The van der Waals surface area contributed by atoms with Crippen LogP contribution in [0.5, 0.6) is 0 Å². The van der Waals surface area contributed by atoms with Crippen molar-refractivity contribution in [3.8, 4) is 0 Å². The lowest BCUT2D eigenvalue weighted by Gasteiger charge is -2.34. The second-order valence-corrected chi connectivity index (χ2v) is 7.12. The highest BCUT2D eigenvalue weighted by atomic mass is 16.5. The normalized spacial score (nSPS) is 19.5. The summed E-state index contributed by atoms with van der Waals surface area (Å²) in [5.74, 6) is 1.35. The molecule has 1 fully saturated rings. The van der Waals surface area contributed by atoms with Crippen molar-refractivity contribution in [1.29, 1.82) is 0 Å². The number of carbonyl (C=O) groups excluding carboxylic acids is 1. The third-order valence-corrected chi connectivity index (χ3v) is 5.37. The van der Waals surface area contributed by atoms with E-state index in [0.29, 0.717) is 11.5 Å². The zero-order valence-electron chi connectivity index (χ0n) is 15.2. The minimum absolute atomic E-state index is 0.0481. The van der Waals surface area contributed by atoms with Gasteiger partial charge in [-0.15, -0.1) is 0 Å². The molecule has 26 heavy (non-hydrogen) atoms. The zero-order valence-corrected chi connectivity index (χ0v) is 15.2. The number of pyridine rings is 1. The van der Waals surface area contributed by atoms with Gasteiger partial charge in [0.2, 0.25) is 0 Å². The van der Waals surface area contributed by atoms with Crippen molar-refractivity contribution in [3.05, 3.63) is 53.7 Å². The lowest BCUT2D eigenvalue weighted by atomic mass is 9.98. The molecule has 0 saturated carbocycles. The number of anilines is 2. The van der Waals surface area contributed by atoms with E-state index in [1.165, 1.54) is 12.0 Å². The number of benzene rings is 1. The Balaban J connectivity index is 1.61. The van der Waals surface area contributed by atoms with Crippen LogP contribution in [0.2, 0.25) is 0 Å². The van der Waals surface area contributed by atoms with Gasteiger partial charge in [0, 0.05) is 38.6 Å². The molecule has 0 radical (unpaired) electrons. The van der Waals surface area contributed by atoms with Crippen molar-refractivity contribution < 1.29 is 9.53 Å². The molecule has 2 aromatic rings. The summed E-state index contributed by atoms with van der Waals surface area (Å²) in [4.78, 5) is 22.0. The largest absolute Gasteiger partial charge is 0.384 e. The van der Waals surface area contributed by atoms with Crippen LogP contribution in [0.15, 0.2) is 42.6 Å². The van der Waals surface area contributed by atoms with E-state index in [1.54, 1.807) is 13.3 Å². The first kappa shape index (κ1) is 17.0. The zero-order chi connectivity index (χ0) is 17.9. The van der Waals surface area contributed by atoms with E-state index in [0.717, 1.165) is 50.6 Å². The van der Waals surface area contributed by atoms with Crippen molar-refractivity contribution >= 4 is 17.4 Å². The number of nitrogens with zero attached hydrogens (tertiary/aromatic N) is 3. The molecule has 1 amide bonds. The molecule has 1 atom stereocenters. The van der Waals surface area contributed by atoms with Crippen molar-refractivity contribution in [2.75, 3.05) is 43.2 Å². The topological polar surface area (TPSA) is 45.7 Å². The lowest BCUT2D eigenvalue weighted by molar-refractivity contribution is 0.0989. The second kappa shape index (κ2) is 7.46. The van der Waals surface area contributed by atoms with Gasteiger partial charge in [0.1, 0.15) is 5.82 Å². The minimum Gasteiger partial charge on any atom is -0.384 e.